The molecule has 1 unspecified atom stereocenters. The van der Waals surface area contributed by atoms with Crippen molar-refractivity contribution < 1.29 is 19.4 Å². The summed E-state index contributed by atoms with van der Waals surface area (Å²) in [5.41, 5.74) is 8.11. The van der Waals surface area contributed by atoms with Crippen LogP contribution in [-0.4, -0.2) is 48.4 Å². The Hall–Kier alpha value is -4.10. The van der Waals surface area contributed by atoms with Gasteiger partial charge in [-0.1, -0.05) is 68.3 Å². The molecular weight excluding hydrogens is 514 g/mol. The van der Waals surface area contributed by atoms with Crippen molar-refractivity contribution >= 4 is 28.6 Å². The van der Waals surface area contributed by atoms with E-state index >= 15 is 0 Å². The van der Waals surface area contributed by atoms with E-state index in [4.69, 9.17) is 4.74 Å². The molecule has 1 aromatic heterocycles. The van der Waals surface area contributed by atoms with Crippen molar-refractivity contribution in [2.24, 2.45) is 5.92 Å². The highest BCUT2D eigenvalue weighted by Gasteiger charge is 2.32. The number of carbonyl (C=O) groups is 2. The second-order valence-corrected chi connectivity index (χ2v) is 11.1. The van der Waals surface area contributed by atoms with Crippen LogP contribution in [-0.2, 0) is 11.2 Å². The molecule has 41 heavy (non-hydrogen) atoms. The molecule has 0 radical (unpaired) electrons. The second-order valence-electron chi connectivity index (χ2n) is 11.1. The molecule has 0 saturated carbocycles. The van der Waals surface area contributed by atoms with Crippen molar-refractivity contribution in [3.05, 3.63) is 89.1 Å². The Morgan fingerprint density at radius 1 is 1.05 bits per heavy atom. The summed E-state index contributed by atoms with van der Waals surface area (Å²) in [6.07, 6.45) is 4.17. The Balaban J connectivity index is 1.10. The maximum Gasteiger partial charge on any atom is 0.414 e. The maximum absolute atomic E-state index is 13.3. The molecule has 3 N–H and O–H groups in total. The van der Waals surface area contributed by atoms with Gasteiger partial charge in [0.15, 0.2) is 0 Å². The average molecular weight is 552 g/mol. The van der Waals surface area contributed by atoms with Crippen LogP contribution < -0.4 is 10.2 Å². The molecule has 3 aromatic carbocycles. The van der Waals surface area contributed by atoms with E-state index in [1.165, 1.54) is 22.3 Å². The van der Waals surface area contributed by atoms with E-state index in [0.29, 0.717) is 31.1 Å². The number of unbranched alkanes of at least 4 members (excludes halogenated alkanes) is 1. The first-order valence-electron chi connectivity index (χ1n) is 14.7. The number of aliphatic hydroxyl groups is 1. The Morgan fingerprint density at radius 2 is 1.78 bits per heavy atom. The van der Waals surface area contributed by atoms with E-state index < -0.39 is 0 Å². The predicted octanol–water partition coefficient (Wildman–Crippen LogP) is 6.40. The van der Waals surface area contributed by atoms with E-state index in [-0.39, 0.29) is 31.1 Å². The summed E-state index contributed by atoms with van der Waals surface area (Å²) in [5, 5.41) is 13.3. The van der Waals surface area contributed by atoms with Crippen molar-refractivity contribution in [1.82, 2.24) is 10.3 Å². The van der Waals surface area contributed by atoms with Crippen LogP contribution in [0.5, 0.6) is 0 Å². The number of aromatic nitrogens is 1. The zero-order valence-corrected chi connectivity index (χ0v) is 23.5. The minimum absolute atomic E-state index is 0.0180. The van der Waals surface area contributed by atoms with E-state index in [0.717, 1.165) is 47.8 Å². The molecular formula is C34H37N3O4. The molecule has 0 spiro atoms. The third kappa shape index (κ3) is 5.22. The summed E-state index contributed by atoms with van der Waals surface area (Å²) in [7, 11) is 0. The highest BCUT2D eigenvalue weighted by Crippen LogP contribution is 2.44. The van der Waals surface area contributed by atoms with Gasteiger partial charge in [0.05, 0.1) is 5.69 Å². The van der Waals surface area contributed by atoms with Gasteiger partial charge in [-0.25, -0.2) is 4.79 Å². The van der Waals surface area contributed by atoms with Crippen LogP contribution in [0.3, 0.4) is 0 Å². The lowest BCUT2D eigenvalue weighted by atomic mass is 9.98. The molecule has 0 fully saturated rings. The molecule has 0 saturated heterocycles. The first kappa shape index (κ1) is 27.1. The molecule has 4 aromatic rings. The molecule has 0 bridgehead atoms. The third-order valence-electron chi connectivity index (χ3n) is 8.73. The second kappa shape index (κ2) is 11.8. The third-order valence-corrected chi connectivity index (χ3v) is 8.73. The van der Waals surface area contributed by atoms with E-state index in [9.17, 15) is 14.7 Å². The van der Waals surface area contributed by atoms with Gasteiger partial charge in [0, 0.05) is 36.5 Å². The van der Waals surface area contributed by atoms with Crippen molar-refractivity contribution in [3.8, 4) is 11.1 Å². The molecule has 2 aliphatic rings. The molecule has 2 amide bonds. The first-order valence-corrected chi connectivity index (χ1v) is 14.7. The zero-order valence-electron chi connectivity index (χ0n) is 23.5. The van der Waals surface area contributed by atoms with Gasteiger partial charge in [0.1, 0.15) is 12.3 Å². The van der Waals surface area contributed by atoms with Crippen molar-refractivity contribution in [2.45, 2.75) is 44.9 Å². The van der Waals surface area contributed by atoms with Crippen LogP contribution in [0.15, 0.2) is 66.7 Å². The zero-order chi connectivity index (χ0) is 28.3. The number of amides is 2. The molecule has 6 rings (SSSR count). The molecule has 7 heteroatoms. The number of rotatable bonds is 10. The number of carbonyl (C=O) groups excluding carboxylic acids is 2. The fraction of sp³-hybridized carbons (Fsp3) is 0.353. The van der Waals surface area contributed by atoms with Gasteiger partial charge in [-0.15, -0.1) is 0 Å². The number of H-pyrrole nitrogens is 1. The van der Waals surface area contributed by atoms with E-state index in [1.807, 2.05) is 42.5 Å². The van der Waals surface area contributed by atoms with Gasteiger partial charge >= 0.3 is 6.09 Å². The Kier molecular flexibility index (Phi) is 7.79. The van der Waals surface area contributed by atoms with Gasteiger partial charge in [-0.2, -0.15) is 0 Å². The topological polar surface area (TPSA) is 94.7 Å². The van der Waals surface area contributed by atoms with Crippen LogP contribution in [0, 0.1) is 5.92 Å². The highest BCUT2D eigenvalue weighted by atomic mass is 16.6. The SMILES string of the molecule is CCC(CO)CCCCNC(=O)c1cc2c3c(ccc2[nH]1)N(C(=O)OCC1c2ccccc2-c2ccccc21)CC3. The lowest BCUT2D eigenvalue weighted by Crippen LogP contribution is -2.30. The molecule has 7 nitrogen and oxygen atoms in total. The normalized spacial score (nSPS) is 14.5. The molecule has 1 aliphatic carbocycles. The smallest absolute Gasteiger partial charge is 0.414 e. The van der Waals surface area contributed by atoms with E-state index in [1.54, 1.807) is 4.90 Å². The first-order chi connectivity index (χ1) is 20.1. The van der Waals surface area contributed by atoms with Crippen molar-refractivity contribution in [2.75, 3.05) is 31.2 Å². The summed E-state index contributed by atoms with van der Waals surface area (Å²) in [5.74, 6) is 0.231. The summed E-state index contributed by atoms with van der Waals surface area (Å²) < 4.78 is 5.93. The fourth-order valence-electron chi connectivity index (χ4n) is 6.38. The average Bonchev–Trinajstić information content (AvgIpc) is 3.71. The van der Waals surface area contributed by atoms with Crippen molar-refractivity contribution in [1.29, 1.82) is 0 Å². The monoisotopic (exact) mass is 551 g/mol. The Bertz CT molecular complexity index is 1530. The number of nitrogens with zero attached hydrogens (tertiary/aromatic N) is 1. The fourth-order valence-corrected chi connectivity index (χ4v) is 6.38. The summed E-state index contributed by atoms with van der Waals surface area (Å²) in [6.45, 7) is 3.75. The molecule has 2 heterocycles. The summed E-state index contributed by atoms with van der Waals surface area (Å²) >= 11 is 0. The summed E-state index contributed by atoms with van der Waals surface area (Å²) in [4.78, 5) is 31.1. The van der Waals surface area contributed by atoms with Gasteiger partial charge in [0.25, 0.3) is 5.91 Å². The maximum atomic E-state index is 13.3. The van der Waals surface area contributed by atoms with Crippen LogP contribution in [0.2, 0.25) is 0 Å². The summed E-state index contributed by atoms with van der Waals surface area (Å²) in [6, 6.07) is 22.4. The van der Waals surface area contributed by atoms with Gasteiger partial charge in [0.2, 0.25) is 0 Å². The Labute approximate surface area is 240 Å². The number of aliphatic hydroxyl groups excluding tert-OH is 1. The van der Waals surface area contributed by atoms with Crippen LogP contribution in [0.4, 0.5) is 10.5 Å². The quantitative estimate of drug-likeness (QED) is 0.199. The number of anilines is 1. The standard InChI is InChI=1S/C34H37N3O4/c1-2-22(20-38)9-7-8-17-35-33(39)31-19-28-27-16-18-37(32(27)15-14-30(28)36-31)34(40)41-21-29-25-12-5-3-10-23(25)24-11-4-6-13-26(24)29/h3-6,10-15,19,22,29,36,38H,2,7-9,16-18,20-21H2,1H3,(H,35,39). The largest absolute Gasteiger partial charge is 0.448 e. The van der Waals surface area contributed by atoms with Crippen molar-refractivity contribution in [3.63, 3.8) is 0 Å². The predicted molar refractivity (Wildman–Crippen MR) is 161 cm³/mol. The lowest BCUT2D eigenvalue weighted by Gasteiger charge is -2.20. The van der Waals surface area contributed by atoms with Crippen LogP contribution in [0.25, 0.3) is 22.0 Å². The number of hydrogen-bond donors (Lipinski definition) is 3. The number of hydrogen-bond acceptors (Lipinski definition) is 4. The minimum Gasteiger partial charge on any atom is -0.448 e. The number of fused-ring (bicyclic) bond motifs is 6. The Morgan fingerprint density at radius 3 is 2.49 bits per heavy atom. The number of nitrogens with one attached hydrogen (secondary N) is 2. The highest BCUT2D eigenvalue weighted by molar-refractivity contribution is 6.02. The van der Waals surface area contributed by atoms with Gasteiger partial charge in [-0.3, -0.25) is 9.69 Å². The van der Waals surface area contributed by atoms with E-state index in [2.05, 4.69) is 41.5 Å². The molecule has 212 valence electrons. The van der Waals surface area contributed by atoms with Gasteiger partial charge < -0.3 is 20.1 Å². The van der Waals surface area contributed by atoms with Gasteiger partial charge in [-0.05, 0) is 71.2 Å². The minimum atomic E-state index is -0.343. The number of benzene rings is 3. The molecule has 1 atom stereocenters. The van der Waals surface area contributed by atoms with Crippen LogP contribution in [0.1, 0.15) is 65.7 Å². The number of aromatic amines is 1. The van der Waals surface area contributed by atoms with Crippen LogP contribution >= 0.6 is 0 Å². The lowest BCUT2D eigenvalue weighted by molar-refractivity contribution is 0.0948. The number of ether oxygens (including phenoxy) is 1. The molecule has 1 aliphatic heterocycles.